The second-order valence-corrected chi connectivity index (χ2v) is 2.80. The molecule has 0 N–H and O–H groups in total. The van der Waals surface area contributed by atoms with Crippen LogP contribution in [0, 0.1) is 0 Å². The lowest BCUT2D eigenvalue weighted by molar-refractivity contribution is -0.282. The van der Waals surface area contributed by atoms with Gasteiger partial charge in [0.1, 0.15) is 6.61 Å². The summed E-state index contributed by atoms with van der Waals surface area (Å²) >= 11 is 1.40. The molecule has 0 radical (unpaired) electrons. The zero-order chi connectivity index (χ0) is 8.10. The number of rotatable bonds is 4. The fourth-order valence-electron chi connectivity index (χ4n) is 0.692. The molecule has 0 aliphatic carbocycles. The average molecular weight is 172 g/mol. The van der Waals surface area contributed by atoms with Gasteiger partial charge >= 0.3 is 0 Å². The molecule has 0 bridgehead atoms. The number of aldehydes is 1. The summed E-state index contributed by atoms with van der Waals surface area (Å²) in [6.45, 7) is 0.327. The third kappa shape index (κ3) is 2.11. The van der Waals surface area contributed by atoms with E-state index in [2.05, 4.69) is 9.78 Å². The minimum absolute atomic E-state index is 0.327. The Bertz CT molecular complexity index is 231. The van der Waals surface area contributed by atoms with Crippen molar-refractivity contribution < 1.29 is 14.6 Å². The monoisotopic (exact) mass is 172 g/mol. The van der Waals surface area contributed by atoms with E-state index < -0.39 is 0 Å². The Labute approximate surface area is 68.5 Å². The summed E-state index contributed by atoms with van der Waals surface area (Å²) in [7, 11) is 1.44. The molecule has 0 atom stereocenters. The van der Waals surface area contributed by atoms with E-state index in [-0.39, 0.29) is 0 Å². The van der Waals surface area contributed by atoms with E-state index >= 15 is 0 Å². The molecule has 0 amide bonds. The van der Waals surface area contributed by atoms with Crippen LogP contribution in [0.15, 0.2) is 11.4 Å². The lowest BCUT2D eigenvalue weighted by Crippen LogP contribution is -1.91. The van der Waals surface area contributed by atoms with Gasteiger partial charge in [-0.3, -0.25) is 4.79 Å². The van der Waals surface area contributed by atoms with Gasteiger partial charge in [-0.05, 0) is 11.4 Å². The Morgan fingerprint density at radius 2 is 2.55 bits per heavy atom. The van der Waals surface area contributed by atoms with Gasteiger partial charge in [0.25, 0.3) is 0 Å². The number of carbonyl (C=O) groups excluding carboxylic acids is 1. The van der Waals surface area contributed by atoms with Gasteiger partial charge in [-0.1, -0.05) is 0 Å². The summed E-state index contributed by atoms with van der Waals surface area (Å²) in [5.41, 5.74) is 0.867. The van der Waals surface area contributed by atoms with Crippen molar-refractivity contribution in [2.75, 3.05) is 7.11 Å². The summed E-state index contributed by atoms with van der Waals surface area (Å²) in [5, 5.41) is 1.85. The van der Waals surface area contributed by atoms with Gasteiger partial charge in [0.05, 0.1) is 12.0 Å². The van der Waals surface area contributed by atoms with E-state index in [1.807, 2.05) is 11.4 Å². The molecule has 0 aliphatic rings. The Hall–Kier alpha value is -0.710. The second-order valence-electron chi connectivity index (χ2n) is 1.86. The predicted octanol–water partition coefficient (Wildman–Crippen LogP) is 1.64. The van der Waals surface area contributed by atoms with E-state index in [1.165, 1.54) is 18.4 Å². The molecule has 0 fully saturated rings. The topological polar surface area (TPSA) is 35.5 Å². The maximum Gasteiger partial charge on any atom is 0.160 e. The maximum absolute atomic E-state index is 10.4. The summed E-state index contributed by atoms with van der Waals surface area (Å²) in [6, 6.07) is 1.84. The van der Waals surface area contributed by atoms with Crippen LogP contribution in [0.5, 0.6) is 0 Å². The molecule has 0 aromatic carbocycles. The van der Waals surface area contributed by atoms with Crippen molar-refractivity contribution in [3.05, 3.63) is 21.9 Å². The molecule has 11 heavy (non-hydrogen) atoms. The first-order valence-electron chi connectivity index (χ1n) is 3.05. The average Bonchev–Trinajstić information content (AvgIpc) is 2.47. The fourth-order valence-corrected chi connectivity index (χ4v) is 1.41. The molecule has 1 rings (SSSR count). The smallest absolute Gasteiger partial charge is 0.160 e. The highest BCUT2D eigenvalue weighted by Crippen LogP contribution is 2.14. The Morgan fingerprint density at radius 3 is 3.18 bits per heavy atom. The van der Waals surface area contributed by atoms with Crippen molar-refractivity contribution in [3.8, 4) is 0 Å². The van der Waals surface area contributed by atoms with Crippen LogP contribution in [-0.4, -0.2) is 13.4 Å². The van der Waals surface area contributed by atoms with Crippen molar-refractivity contribution in [1.29, 1.82) is 0 Å². The zero-order valence-electron chi connectivity index (χ0n) is 6.07. The zero-order valence-corrected chi connectivity index (χ0v) is 6.89. The summed E-state index contributed by atoms with van der Waals surface area (Å²) in [4.78, 5) is 20.1. The van der Waals surface area contributed by atoms with E-state index in [9.17, 15) is 4.79 Å². The van der Waals surface area contributed by atoms with Crippen molar-refractivity contribution in [1.82, 2.24) is 0 Å². The minimum atomic E-state index is 0.327. The third-order valence-corrected chi connectivity index (χ3v) is 2.10. The molecule has 1 aromatic heterocycles. The lowest BCUT2D eigenvalue weighted by Gasteiger charge is -1.96. The molecule has 0 saturated heterocycles. The van der Waals surface area contributed by atoms with Crippen LogP contribution in [0.2, 0.25) is 0 Å². The van der Waals surface area contributed by atoms with Gasteiger partial charge in [0.2, 0.25) is 0 Å². The van der Waals surface area contributed by atoms with Crippen LogP contribution in [0.1, 0.15) is 15.2 Å². The SMILES string of the molecule is COOCc1ccsc1C=O. The Balaban J connectivity index is 2.61. The second kappa shape index (κ2) is 4.23. The summed E-state index contributed by atoms with van der Waals surface area (Å²) < 4.78 is 0. The minimum Gasteiger partial charge on any atom is -0.297 e. The molecule has 0 aliphatic heterocycles. The molecule has 1 aromatic rings. The summed E-state index contributed by atoms with van der Waals surface area (Å²) in [6.07, 6.45) is 0.818. The van der Waals surface area contributed by atoms with Crippen molar-refractivity contribution in [3.63, 3.8) is 0 Å². The Kier molecular flexibility index (Phi) is 3.22. The van der Waals surface area contributed by atoms with Gasteiger partial charge in [-0.2, -0.15) is 0 Å². The number of thiophene rings is 1. The molecule has 0 unspecified atom stereocenters. The van der Waals surface area contributed by atoms with Crippen LogP contribution in [-0.2, 0) is 16.4 Å². The highest BCUT2D eigenvalue weighted by Gasteiger charge is 2.01. The number of hydrogen-bond acceptors (Lipinski definition) is 4. The first-order chi connectivity index (χ1) is 5.38. The van der Waals surface area contributed by atoms with Gasteiger partial charge in [-0.25, -0.2) is 9.78 Å². The normalized spacial score (nSPS) is 9.91. The largest absolute Gasteiger partial charge is 0.297 e. The maximum atomic E-state index is 10.4. The molecule has 0 spiro atoms. The molecule has 60 valence electrons. The molecule has 3 nitrogen and oxygen atoms in total. The summed E-state index contributed by atoms with van der Waals surface area (Å²) in [5.74, 6) is 0. The van der Waals surface area contributed by atoms with Gasteiger partial charge in [-0.15, -0.1) is 11.3 Å². The van der Waals surface area contributed by atoms with E-state index in [4.69, 9.17) is 0 Å². The molecular weight excluding hydrogens is 164 g/mol. The number of hydrogen-bond donors (Lipinski definition) is 0. The first-order valence-corrected chi connectivity index (χ1v) is 3.93. The van der Waals surface area contributed by atoms with Crippen molar-refractivity contribution >= 4 is 17.6 Å². The third-order valence-electron chi connectivity index (χ3n) is 1.22. The predicted molar refractivity (Wildman–Crippen MR) is 41.5 cm³/mol. The van der Waals surface area contributed by atoms with Crippen molar-refractivity contribution in [2.45, 2.75) is 6.61 Å². The lowest BCUT2D eigenvalue weighted by atomic mass is 10.3. The van der Waals surface area contributed by atoms with E-state index in [0.29, 0.717) is 11.5 Å². The van der Waals surface area contributed by atoms with Crippen LogP contribution >= 0.6 is 11.3 Å². The van der Waals surface area contributed by atoms with Gasteiger partial charge < -0.3 is 0 Å². The number of carbonyl (C=O) groups is 1. The highest BCUT2D eigenvalue weighted by molar-refractivity contribution is 7.11. The fraction of sp³-hybridized carbons (Fsp3) is 0.286. The first kappa shape index (κ1) is 8.39. The van der Waals surface area contributed by atoms with Gasteiger partial charge in [0, 0.05) is 5.56 Å². The molecule has 4 heteroatoms. The Morgan fingerprint density at radius 1 is 1.73 bits per heavy atom. The van der Waals surface area contributed by atoms with Crippen molar-refractivity contribution in [2.24, 2.45) is 0 Å². The quantitative estimate of drug-likeness (QED) is 0.393. The highest BCUT2D eigenvalue weighted by atomic mass is 32.1. The van der Waals surface area contributed by atoms with Gasteiger partial charge in [0.15, 0.2) is 6.29 Å². The van der Waals surface area contributed by atoms with E-state index in [1.54, 1.807) is 0 Å². The van der Waals surface area contributed by atoms with Crippen LogP contribution in [0.4, 0.5) is 0 Å². The molecular formula is C7H8O3S. The standard InChI is InChI=1S/C7H8O3S/c1-9-10-5-6-2-3-11-7(6)4-8/h2-4H,5H2,1H3. The molecule has 1 heterocycles. The molecule has 0 saturated carbocycles. The van der Waals surface area contributed by atoms with E-state index in [0.717, 1.165) is 11.8 Å². The van der Waals surface area contributed by atoms with Crippen LogP contribution < -0.4 is 0 Å². The van der Waals surface area contributed by atoms with Crippen LogP contribution in [0.3, 0.4) is 0 Å². The van der Waals surface area contributed by atoms with Crippen LogP contribution in [0.25, 0.3) is 0 Å².